The minimum atomic E-state index is 0.0697. The highest BCUT2D eigenvalue weighted by Crippen LogP contribution is 2.33. The lowest BCUT2D eigenvalue weighted by molar-refractivity contribution is -0.132. The Morgan fingerprint density at radius 3 is 2.56 bits per heavy atom. The highest BCUT2D eigenvalue weighted by atomic mass is 35.5. The Morgan fingerprint density at radius 2 is 1.74 bits per heavy atom. The number of likely N-dealkylation sites (tertiary alicyclic amines) is 1. The number of hydrogen-bond acceptors (Lipinski definition) is 2. The third-order valence-corrected chi connectivity index (χ3v) is 6.07. The summed E-state index contributed by atoms with van der Waals surface area (Å²) < 4.78 is 0. The van der Waals surface area contributed by atoms with Crippen molar-refractivity contribution >= 4 is 23.3 Å². The van der Waals surface area contributed by atoms with Crippen molar-refractivity contribution in [3.63, 3.8) is 0 Å². The summed E-state index contributed by atoms with van der Waals surface area (Å²) in [6, 6.07) is 13.9. The van der Waals surface area contributed by atoms with Gasteiger partial charge in [-0.1, -0.05) is 35.9 Å². The lowest BCUT2D eigenvalue weighted by Gasteiger charge is -2.25. The molecule has 140 valence electrons. The van der Waals surface area contributed by atoms with Crippen molar-refractivity contribution in [1.29, 1.82) is 0 Å². The number of benzene rings is 2. The first-order chi connectivity index (χ1) is 13.1. The molecular formula is C23H24ClNO2. The molecule has 1 saturated heterocycles. The maximum atomic E-state index is 12.8. The predicted octanol–water partition coefficient (Wildman–Crippen LogP) is 5.16. The van der Waals surface area contributed by atoms with E-state index in [0.29, 0.717) is 5.02 Å². The van der Waals surface area contributed by atoms with Crippen LogP contribution in [0.2, 0.25) is 5.02 Å². The molecule has 2 aliphatic rings. The van der Waals surface area contributed by atoms with Gasteiger partial charge >= 0.3 is 0 Å². The van der Waals surface area contributed by atoms with Gasteiger partial charge in [-0.05, 0) is 67.0 Å². The molecule has 4 heteroatoms. The maximum Gasteiger partial charge on any atom is 0.223 e. The molecule has 0 N–H and O–H groups in total. The van der Waals surface area contributed by atoms with Crippen LogP contribution in [0.25, 0.3) is 0 Å². The van der Waals surface area contributed by atoms with E-state index in [9.17, 15) is 9.59 Å². The van der Waals surface area contributed by atoms with Crippen molar-refractivity contribution in [3.05, 3.63) is 69.7 Å². The topological polar surface area (TPSA) is 37.4 Å². The minimum Gasteiger partial charge on any atom is -0.336 e. The molecule has 1 aliphatic heterocycles. The highest BCUT2D eigenvalue weighted by Gasteiger charge is 2.30. The molecular weight excluding hydrogens is 358 g/mol. The SMILES string of the molecule is O=C(CCC(=O)N1CCCC1c1ccc(Cl)cc1)c1ccc2c(c1)CCC2. The van der Waals surface area contributed by atoms with Gasteiger partial charge in [0.1, 0.15) is 0 Å². The number of aryl methyl sites for hydroxylation is 2. The highest BCUT2D eigenvalue weighted by molar-refractivity contribution is 6.30. The molecule has 27 heavy (non-hydrogen) atoms. The summed E-state index contributed by atoms with van der Waals surface area (Å²) in [5.74, 6) is 0.141. The van der Waals surface area contributed by atoms with Crippen LogP contribution in [0.4, 0.5) is 0 Å². The molecule has 2 aromatic rings. The number of amides is 1. The number of carbonyl (C=O) groups is 2. The van der Waals surface area contributed by atoms with Crippen LogP contribution in [-0.4, -0.2) is 23.1 Å². The van der Waals surface area contributed by atoms with Crippen LogP contribution in [0.1, 0.15) is 65.2 Å². The Morgan fingerprint density at radius 1 is 0.963 bits per heavy atom. The molecule has 0 aromatic heterocycles. The van der Waals surface area contributed by atoms with Crippen molar-refractivity contribution in [1.82, 2.24) is 4.90 Å². The Balaban J connectivity index is 1.38. The van der Waals surface area contributed by atoms with E-state index >= 15 is 0 Å². The van der Waals surface area contributed by atoms with Crippen LogP contribution in [0, 0.1) is 0 Å². The Kier molecular flexibility index (Phi) is 5.31. The molecule has 1 atom stereocenters. The average molecular weight is 382 g/mol. The number of ketones is 1. The summed E-state index contributed by atoms with van der Waals surface area (Å²) in [4.78, 5) is 27.3. The molecule has 0 bridgehead atoms. The predicted molar refractivity (Wildman–Crippen MR) is 107 cm³/mol. The van der Waals surface area contributed by atoms with E-state index < -0.39 is 0 Å². The number of nitrogens with zero attached hydrogens (tertiary/aromatic N) is 1. The Labute approximate surface area is 165 Å². The molecule has 1 heterocycles. The molecule has 0 radical (unpaired) electrons. The second-order valence-electron chi connectivity index (χ2n) is 7.56. The molecule has 1 unspecified atom stereocenters. The number of Topliss-reactive ketones (excluding diaryl/α,β-unsaturated/α-hetero) is 1. The van der Waals surface area contributed by atoms with Gasteiger partial charge in [0, 0.05) is 30.0 Å². The molecule has 2 aromatic carbocycles. The van der Waals surface area contributed by atoms with Gasteiger partial charge in [-0.2, -0.15) is 0 Å². The molecule has 1 fully saturated rings. The fraction of sp³-hybridized carbons (Fsp3) is 0.391. The summed E-state index contributed by atoms with van der Waals surface area (Å²) in [7, 11) is 0. The van der Waals surface area contributed by atoms with E-state index in [0.717, 1.165) is 43.4 Å². The van der Waals surface area contributed by atoms with Gasteiger partial charge in [-0.3, -0.25) is 9.59 Å². The summed E-state index contributed by atoms with van der Waals surface area (Å²) in [5, 5.41) is 0.703. The molecule has 0 spiro atoms. The van der Waals surface area contributed by atoms with Crippen LogP contribution in [0.5, 0.6) is 0 Å². The molecule has 4 rings (SSSR count). The third-order valence-electron chi connectivity index (χ3n) is 5.81. The van der Waals surface area contributed by atoms with Crippen LogP contribution >= 0.6 is 11.6 Å². The quantitative estimate of drug-likeness (QED) is 0.671. The fourth-order valence-corrected chi connectivity index (χ4v) is 4.48. The standard InChI is InChI=1S/C23H24ClNO2/c24-20-10-8-17(9-11-20)21-5-2-14-25(21)23(27)13-12-22(26)19-7-6-16-3-1-4-18(16)15-19/h6-11,15,21H,1-5,12-14H2. The van der Waals surface area contributed by atoms with Gasteiger partial charge in [0.15, 0.2) is 5.78 Å². The normalized spacial score (nSPS) is 18.6. The van der Waals surface area contributed by atoms with Crippen molar-refractivity contribution in [2.75, 3.05) is 6.54 Å². The van der Waals surface area contributed by atoms with Crippen molar-refractivity contribution in [2.24, 2.45) is 0 Å². The zero-order valence-electron chi connectivity index (χ0n) is 15.4. The smallest absolute Gasteiger partial charge is 0.223 e. The third kappa shape index (κ3) is 3.93. The van der Waals surface area contributed by atoms with Gasteiger partial charge in [0.25, 0.3) is 0 Å². The van der Waals surface area contributed by atoms with Crippen molar-refractivity contribution in [3.8, 4) is 0 Å². The molecule has 0 saturated carbocycles. The van der Waals surface area contributed by atoms with Gasteiger partial charge in [0.2, 0.25) is 5.91 Å². The number of fused-ring (bicyclic) bond motifs is 1. The van der Waals surface area contributed by atoms with E-state index in [1.165, 1.54) is 17.5 Å². The van der Waals surface area contributed by atoms with E-state index in [1.54, 1.807) is 0 Å². The summed E-state index contributed by atoms with van der Waals surface area (Å²) >= 11 is 5.98. The summed E-state index contributed by atoms with van der Waals surface area (Å²) in [6.45, 7) is 0.763. The average Bonchev–Trinajstić information content (AvgIpc) is 3.35. The molecule has 3 nitrogen and oxygen atoms in total. The van der Waals surface area contributed by atoms with E-state index in [-0.39, 0.29) is 30.6 Å². The maximum absolute atomic E-state index is 12.8. The van der Waals surface area contributed by atoms with E-state index in [4.69, 9.17) is 11.6 Å². The van der Waals surface area contributed by atoms with Crippen molar-refractivity contribution < 1.29 is 9.59 Å². The lowest BCUT2D eigenvalue weighted by Crippen LogP contribution is -2.30. The summed E-state index contributed by atoms with van der Waals surface area (Å²) in [6.07, 6.45) is 5.87. The number of carbonyl (C=O) groups excluding carboxylic acids is 2. The Bertz CT molecular complexity index is 859. The fourth-order valence-electron chi connectivity index (χ4n) is 4.35. The molecule has 1 aliphatic carbocycles. The van der Waals surface area contributed by atoms with Crippen LogP contribution in [-0.2, 0) is 17.6 Å². The van der Waals surface area contributed by atoms with Crippen molar-refractivity contribution in [2.45, 2.75) is 51.0 Å². The lowest BCUT2D eigenvalue weighted by atomic mass is 10.0. The van der Waals surface area contributed by atoms with Gasteiger partial charge in [0.05, 0.1) is 6.04 Å². The first-order valence-electron chi connectivity index (χ1n) is 9.82. The molecule has 1 amide bonds. The summed E-state index contributed by atoms with van der Waals surface area (Å²) in [5.41, 5.74) is 4.54. The number of rotatable bonds is 5. The first kappa shape index (κ1) is 18.2. The number of halogens is 1. The minimum absolute atomic E-state index is 0.0697. The van der Waals surface area contributed by atoms with Crippen LogP contribution < -0.4 is 0 Å². The van der Waals surface area contributed by atoms with Gasteiger partial charge < -0.3 is 4.90 Å². The van der Waals surface area contributed by atoms with Crippen LogP contribution in [0.15, 0.2) is 42.5 Å². The largest absolute Gasteiger partial charge is 0.336 e. The van der Waals surface area contributed by atoms with E-state index in [1.807, 2.05) is 41.3 Å². The van der Waals surface area contributed by atoms with Crippen LogP contribution in [0.3, 0.4) is 0 Å². The number of hydrogen-bond donors (Lipinski definition) is 0. The second-order valence-corrected chi connectivity index (χ2v) is 7.99. The monoisotopic (exact) mass is 381 g/mol. The zero-order chi connectivity index (χ0) is 18.8. The Hall–Kier alpha value is -2.13. The second kappa shape index (κ2) is 7.85. The first-order valence-corrected chi connectivity index (χ1v) is 10.2. The van der Waals surface area contributed by atoms with Gasteiger partial charge in [-0.25, -0.2) is 0 Å². The van der Waals surface area contributed by atoms with Gasteiger partial charge in [-0.15, -0.1) is 0 Å². The van der Waals surface area contributed by atoms with E-state index in [2.05, 4.69) is 6.07 Å². The zero-order valence-corrected chi connectivity index (χ0v) is 16.2.